The van der Waals surface area contributed by atoms with Gasteiger partial charge in [-0.05, 0) is 25.8 Å². The van der Waals surface area contributed by atoms with Gasteiger partial charge in [0.1, 0.15) is 4.88 Å². The first-order chi connectivity index (χ1) is 11.1. The summed E-state index contributed by atoms with van der Waals surface area (Å²) in [6.07, 6.45) is 3.99. The summed E-state index contributed by atoms with van der Waals surface area (Å²) in [5.41, 5.74) is 2.94. The lowest BCUT2D eigenvalue weighted by Crippen LogP contribution is -2.39. The monoisotopic (exact) mass is 331 g/mol. The van der Waals surface area contributed by atoms with Crippen molar-refractivity contribution in [2.24, 2.45) is 0 Å². The number of amides is 1. The highest BCUT2D eigenvalue weighted by molar-refractivity contribution is 7.12. The molecule has 23 heavy (non-hydrogen) atoms. The van der Waals surface area contributed by atoms with Gasteiger partial charge in [-0.3, -0.25) is 14.9 Å². The van der Waals surface area contributed by atoms with E-state index in [1.807, 2.05) is 6.92 Å². The molecule has 1 aliphatic rings. The lowest BCUT2D eigenvalue weighted by Gasteiger charge is -2.28. The zero-order valence-electron chi connectivity index (χ0n) is 12.8. The van der Waals surface area contributed by atoms with Crippen molar-refractivity contribution >= 4 is 28.6 Å². The zero-order valence-corrected chi connectivity index (χ0v) is 13.6. The van der Waals surface area contributed by atoms with Crippen LogP contribution in [0, 0.1) is 17.0 Å². The van der Waals surface area contributed by atoms with Crippen molar-refractivity contribution in [3.8, 4) is 0 Å². The molecule has 1 saturated carbocycles. The number of nitro groups is 1. The third-order valence-corrected chi connectivity index (χ3v) is 5.08. The van der Waals surface area contributed by atoms with E-state index in [4.69, 9.17) is 0 Å². The summed E-state index contributed by atoms with van der Waals surface area (Å²) >= 11 is 1.31. The lowest BCUT2D eigenvalue weighted by molar-refractivity contribution is -0.384. The number of non-ortho nitro benzene ring substituents is 1. The number of aryl methyl sites for hydroxylation is 1. The number of nitro benzene ring substituents is 1. The third-order valence-electron chi connectivity index (χ3n) is 4.17. The maximum Gasteiger partial charge on any atom is 0.271 e. The molecule has 1 heterocycles. The molecule has 120 valence electrons. The number of rotatable bonds is 4. The fourth-order valence-corrected chi connectivity index (χ4v) is 3.77. The van der Waals surface area contributed by atoms with Crippen LogP contribution in [0.5, 0.6) is 0 Å². The molecule has 6 nitrogen and oxygen atoms in total. The van der Waals surface area contributed by atoms with Crippen LogP contribution in [0.15, 0.2) is 29.8 Å². The second-order valence-electron chi connectivity index (χ2n) is 5.66. The number of anilines is 1. The molecule has 1 fully saturated rings. The Morgan fingerprint density at radius 2 is 2.13 bits per heavy atom. The van der Waals surface area contributed by atoms with Gasteiger partial charge in [-0.25, -0.2) is 4.98 Å². The number of thiazole rings is 1. The SMILES string of the molecule is Cc1ncsc1C(=O)N(c1cccc([N+](=O)[O-])c1)C1CCCC1. The van der Waals surface area contributed by atoms with Gasteiger partial charge in [0.2, 0.25) is 0 Å². The van der Waals surface area contributed by atoms with Crippen LogP contribution in [0.4, 0.5) is 11.4 Å². The van der Waals surface area contributed by atoms with Crippen LogP contribution in [-0.4, -0.2) is 21.9 Å². The summed E-state index contributed by atoms with van der Waals surface area (Å²) in [6, 6.07) is 6.40. The van der Waals surface area contributed by atoms with Gasteiger partial charge >= 0.3 is 0 Å². The zero-order chi connectivity index (χ0) is 16.4. The van der Waals surface area contributed by atoms with Crippen LogP contribution in [0.1, 0.15) is 41.0 Å². The smallest absolute Gasteiger partial charge is 0.271 e. The van der Waals surface area contributed by atoms with Crippen LogP contribution in [0.3, 0.4) is 0 Å². The average molecular weight is 331 g/mol. The van der Waals surface area contributed by atoms with Crippen molar-refractivity contribution in [1.82, 2.24) is 4.98 Å². The summed E-state index contributed by atoms with van der Waals surface area (Å²) < 4.78 is 0. The van der Waals surface area contributed by atoms with Gasteiger partial charge in [-0.1, -0.05) is 18.9 Å². The van der Waals surface area contributed by atoms with Gasteiger partial charge < -0.3 is 4.90 Å². The lowest BCUT2D eigenvalue weighted by atomic mass is 10.1. The van der Waals surface area contributed by atoms with E-state index in [0.717, 1.165) is 25.7 Å². The first-order valence-corrected chi connectivity index (χ1v) is 8.44. The number of hydrogen-bond acceptors (Lipinski definition) is 5. The Kier molecular flexibility index (Phi) is 4.38. The minimum Gasteiger partial charge on any atom is -0.304 e. The van der Waals surface area contributed by atoms with Gasteiger partial charge in [0.05, 0.1) is 21.8 Å². The molecule has 3 rings (SSSR count). The van der Waals surface area contributed by atoms with E-state index in [-0.39, 0.29) is 17.6 Å². The van der Waals surface area contributed by atoms with Crippen LogP contribution < -0.4 is 4.90 Å². The second-order valence-corrected chi connectivity index (χ2v) is 6.51. The summed E-state index contributed by atoms with van der Waals surface area (Å²) in [6.45, 7) is 1.81. The minimum atomic E-state index is -0.432. The first kappa shape index (κ1) is 15.6. The van der Waals surface area contributed by atoms with Crippen LogP contribution >= 0.6 is 11.3 Å². The molecule has 1 aromatic heterocycles. The Morgan fingerprint density at radius 3 is 2.74 bits per heavy atom. The molecule has 1 aromatic carbocycles. The summed E-state index contributed by atoms with van der Waals surface area (Å²) in [5.74, 6) is -0.114. The van der Waals surface area contributed by atoms with Crippen molar-refractivity contribution < 1.29 is 9.72 Å². The molecule has 0 unspecified atom stereocenters. The van der Waals surface area contributed by atoms with E-state index in [0.29, 0.717) is 16.3 Å². The predicted octanol–water partition coefficient (Wildman–Crippen LogP) is 3.95. The number of carbonyl (C=O) groups is 1. The van der Waals surface area contributed by atoms with Crippen molar-refractivity contribution in [2.45, 2.75) is 38.6 Å². The Morgan fingerprint density at radius 1 is 1.39 bits per heavy atom. The molecular formula is C16H17N3O3S. The van der Waals surface area contributed by atoms with E-state index >= 15 is 0 Å². The van der Waals surface area contributed by atoms with Crippen molar-refractivity contribution in [3.05, 3.63) is 50.5 Å². The van der Waals surface area contributed by atoms with Crippen molar-refractivity contribution in [1.29, 1.82) is 0 Å². The molecule has 2 aromatic rings. The molecule has 0 bridgehead atoms. The minimum absolute atomic E-state index is 0.000626. The fourth-order valence-electron chi connectivity index (χ4n) is 3.03. The van der Waals surface area contributed by atoms with Crippen molar-refractivity contribution in [2.75, 3.05) is 4.90 Å². The van der Waals surface area contributed by atoms with Gasteiger partial charge in [-0.2, -0.15) is 0 Å². The van der Waals surface area contributed by atoms with Gasteiger partial charge in [-0.15, -0.1) is 11.3 Å². The summed E-state index contributed by atoms with van der Waals surface area (Å²) in [7, 11) is 0. The van der Waals surface area contributed by atoms with Gasteiger partial charge in [0, 0.05) is 18.2 Å². The highest BCUT2D eigenvalue weighted by atomic mass is 32.1. The second kappa shape index (κ2) is 6.45. The molecule has 1 amide bonds. The van der Waals surface area contributed by atoms with E-state index in [2.05, 4.69) is 4.98 Å². The normalized spacial score (nSPS) is 14.8. The maximum absolute atomic E-state index is 13.0. The molecule has 0 radical (unpaired) electrons. The van der Waals surface area contributed by atoms with E-state index in [1.165, 1.54) is 23.5 Å². The van der Waals surface area contributed by atoms with Crippen LogP contribution in [0.25, 0.3) is 0 Å². The van der Waals surface area contributed by atoms with Crippen molar-refractivity contribution in [3.63, 3.8) is 0 Å². The highest BCUT2D eigenvalue weighted by Gasteiger charge is 2.31. The first-order valence-electron chi connectivity index (χ1n) is 7.56. The van der Waals surface area contributed by atoms with Gasteiger partial charge in [0.15, 0.2) is 0 Å². The Labute approximate surface area is 137 Å². The average Bonchev–Trinajstić information content (AvgIpc) is 3.19. The van der Waals surface area contributed by atoms with E-state index in [1.54, 1.807) is 22.5 Å². The van der Waals surface area contributed by atoms with Gasteiger partial charge in [0.25, 0.3) is 11.6 Å². The van der Waals surface area contributed by atoms with E-state index < -0.39 is 4.92 Å². The fraction of sp³-hybridized carbons (Fsp3) is 0.375. The molecule has 0 spiro atoms. The largest absolute Gasteiger partial charge is 0.304 e. The number of nitrogens with zero attached hydrogens (tertiary/aromatic N) is 3. The van der Waals surface area contributed by atoms with Crippen LogP contribution in [0.2, 0.25) is 0 Å². The number of carbonyl (C=O) groups excluding carboxylic acids is 1. The quantitative estimate of drug-likeness (QED) is 0.628. The number of hydrogen-bond donors (Lipinski definition) is 0. The highest BCUT2D eigenvalue weighted by Crippen LogP contribution is 2.32. The Hall–Kier alpha value is -2.28. The maximum atomic E-state index is 13.0. The predicted molar refractivity (Wildman–Crippen MR) is 89.0 cm³/mol. The Bertz CT molecular complexity index is 738. The molecule has 7 heteroatoms. The summed E-state index contributed by atoms with van der Waals surface area (Å²) in [4.78, 5) is 30.1. The topological polar surface area (TPSA) is 76.3 Å². The number of benzene rings is 1. The molecule has 0 saturated heterocycles. The standard InChI is InChI=1S/C16H17N3O3S/c1-11-15(23-10-17-11)16(20)18(12-5-2-3-6-12)13-7-4-8-14(9-13)19(21)22/h4,7-10,12H,2-3,5-6H2,1H3. The molecule has 0 aliphatic heterocycles. The summed E-state index contributed by atoms with van der Waals surface area (Å²) in [5, 5.41) is 11.0. The molecule has 0 N–H and O–H groups in total. The molecular weight excluding hydrogens is 314 g/mol. The number of aromatic nitrogens is 1. The molecule has 1 aliphatic carbocycles. The molecule has 0 atom stereocenters. The third kappa shape index (κ3) is 3.10. The Balaban J connectivity index is 2.02. The van der Waals surface area contributed by atoms with E-state index in [9.17, 15) is 14.9 Å². The van der Waals surface area contributed by atoms with Crippen LogP contribution in [-0.2, 0) is 0 Å².